The fraction of sp³-hybridized carbons (Fsp3) is 0.370. The van der Waals surface area contributed by atoms with Gasteiger partial charge in [0.15, 0.2) is 35.2 Å². The smallest absolute Gasteiger partial charge is 0.335 e. The molecule has 47 heavy (non-hydrogen) atoms. The van der Waals surface area contributed by atoms with Gasteiger partial charge in [0.1, 0.15) is 59.1 Å². The van der Waals surface area contributed by atoms with E-state index in [0.717, 1.165) is 24.3 Å². The van der Waals surface area contributed by atoms with Crippen LogP contribution in [0.3, 0.4) is 0 Å². The minimum absolute atomic E-state index is 0.411. The molecule has 20 heteroatoms. The monoisotopic (exact) mass is 670 g/mol. The first-order valence-electron chi connectivity index (χ1n) is 13.3. The zero-order valence-electron chi connectivity index (χ0n) is 23.2. The van der Waals surface area contributed by atoms with E-state index in [-0.39, 0.29) is 0 Å². The third-order valence-electron chi connectivity index (χ3n) is 7.35. The van der Waals surface area contributed by atoms with Crippen LogP contribution < -0.4 is 14.9 Å². The predicted octanol–water partition coefficient (Wildman–Crippen LogP) is -3.18. The van der Waals surface area contributed by atoms with Crippen molar-refractivity contribution >= 4 is 22.9 Å². The van der Waals surface area contributed by atoms with E-state index in [2.05, 4.69) is 0 Å². The molecule has 0 unspecified atom stereocenters. The second-order valence-corrected chi connectivity index (χ2v) is 10.5. The number of carboxylic acids is 2. The van der Waals surface area contributed by atoms with Crippen LogP contribution in [0, 0.1) is 0 Å². The van der Waals surface area contributed by atoms with Crippen molar-refractivity contribution in [2.24, 2.45) is 0 Å². The number of aliphatic carboxylic acids is 2. The highest BCUT2D eigenvalue weighted by atomic mass is 16.7. The van der Waals surface area contributed by atoms with Gasteiger partial charge < -0.3 is 84.6 Å². The standard InChI is InChI=1S/C27H26O20/c28-7-3-6(43-26-18(37)14(33)16(35)22(46-26)24(39)40)4-10-11(7)13(32)21(20(44-10)5-1-8(29)12(31)9(30)2-5)45-27-19(38)15(34)17(36)23(47-27)25(41)42/h1-4,14-19,22-23,26-31,33-38H,(H,39,40)(H,41,42)/t14-,15-,16-,17-,18+,19+,22-,23-,26+,27+/m0/s1. The molecule has 3 heterocycles. The molecule has 10 atom stereocenters. The van der Waals surface area contributed by atoms with E-state index in [0.29, 0.717) is 0 Å². The van der Waals surface area contributed by atoms with Gasteiger partial charge in [0.05, 0.1) is 0 Å². The van der Waals surface area contributed by atoms with E-state index in [4.69, 9.17) is 23.4 Å². The molecular formula is C27H26O20. The second kappa shape index (κ2) is 12.4. The van der Waals surface area contributed by atoms with Gasteiger partial charge in [-0.1, -0.05) is 0 Å². The van der Waals surface area contributed by atoms with Gasteiger partial charge in [0.25, 0.3) is 0 Å². The zero-order valence-corrected chi connectivity index (χ0v) is 23.2. The van der Waals surface area contributed by atoms with E-state index in [9.17, 15) is 75.7 Å². The number of hydrogen-bond donors (Lipinski definition) is 12. The highest BCUT2D eigenvalue weighted by Gasteiger charge is 2.49. The first kappa shape index (κ1) is 33.4. The maximum Gasteiger partial charge on any atom is 0.335 e. The Labute approximate surface area is 259 Å². The van der Waals surface area contributed by atoms with Gasteiger partial charge in [0.2, 0.25) is 23.8 Å². The molecule has 0 radical (unpaired) electrons. The maximum atomic E-state index is 13.8. The number of phenols is 4. The van der Waals surface area contributed by atoms with E-state index in [1.54, 1.807) is 0 Å². The van der Waals surface area contributed by atoms with Crippen molar-refractivity contribution in [1.82, 2.24) is 0 Å². The van der Waals surface area contributed by atoms with Gasteiger partial charge >= 0.3 is 11.9 Å². The minimum Gasteiger partial charge on any atom is -0.507 e. The average Bonchev–Trinajstić information content (AvgIpc) is 3.00. The van der Waals surface area contributed by atoms with Gasteiger partial charge in [-0.3, -0.25) is 4.79 Å². The molecule has 2 aliphatic heterocycles. The molecule has 0 saturated carbocycles. The fourth-order valence-electron chi connectivity index (χ4n) is 4.91. The summed E-state index contributed by atoms with van der Waals surface area (Å²) in [5, 5.41) is 120. The predicted molar refractivity (Wildman–Crippen MR) is 144 cm³/mol. The number of rotatable bonds is 7. The van der Waals surface area contributed by atoms with Crippen molar-refractivity contribution in [1.29, 1.82) is 0 Å². The number of fused-ring (bicyclic) bond motifs is 1. The summed E-state index contributed by atoms with van der Waals surface area (Å²) in [5.74, 6) is -9.48. The minimum atomic E-state index is -2.19. The number of ether oxygens (including phenoxy) is 4. The highest BCUT2D eigenvalue weighted by Crippen LogP contribution is 2.43. The van der Waals surface area contributed by atoms with E-state index in [1.165, 1.54) is 0 Å². The molecule has 2 aliphatic rings. The topological polar surface area (TPSA) is 344 Å². The van der Waals surface area contributed by atoms with Crippen LogP contribution >= 0.6 is 0 Å². The number of phenolic OH excluding ortho intramolecular Hbond substituents is 4. The summed E-state index contributed by atoms with van der Waals surface area (Å²) in [7, 11) is 0. The molecule has 12 N–H and O–H groups in total. The summed E-state index contributed by atoms with van der Waals surface area (Å²) >= 11 is 0. The number of carbonyl (C=O) groups is 2. The normalized spacial score (nSPS) is 30.9. The molecular weight excluding hydrogens is 644 g/mol. The van der Waals surface area contributed by atoms with Crippen molar-refractivity contribution in [3.8, 4) is 45.8 Å². The van der Waals surface area contributed by atoms with Crippen molar-refractivity contribution in [2.45, 2.75) is 61.4 Å². The van der Waals surface area contributed by atoms with Gasteiger partial charge in [-0.25, -0.2) is 9.59 Å². The lowest BCUT2D eigenvalue weighted by atomic mass is 9.99. The zero-order chi connectivity index (χ0) is 34.6. The molecule has 0 spiro atoms. The van der Waals surface area contributed by atoms with Crippen molar-refractivity contribution in [2.75, 3.05) is 0 Å². The van der Waals surface area contributed by atoms with Crippen LogP contribution in [0.5, 0.6) is 34.5 Å². The fourth-order valence-corrected chi connectivity index (χ4v) is 4.91. The van der Waals surface area contributed by atoms with Crippen LogP contribution in [0.15, 0.2) is 33.5 Å². The van der Waals surface area contributed by atoms with Crippen LogP contribution in [0.1, 0.15) is 0 Å². The molecule has 0 bridgehead atoms. The first-order valence-corrected chi connectivity index (χ1v) is 13.3. The molecule has 3 aromatic rings. The third-order valence-corrected chi connectivity index (χ3v) is 7.35. The molecule has 1 aromatic heterocycles. The summed E-state index contributed by atoms with van der Waals surface area (Å²) in [6.45, 7) is 0. The molecule has 0 amide bonds. The lowest BCUT2D eigenvalue weighted by Crippen LogP contribution is -2.61. The molecule has 2 fully saturated rings. The number of carboxylic acid groups (broad SMARTS) is 2. The highest BCUT2D eigenvalue weighted by molar-refractivity contribution is 5.88. The molecule has 0 aliphatic carbocycles. The first-order chi connectivity index (χ1) is 22.0. The van der Waals surface area contributed by atoms with Gasteiger partial charge in [-0.15, -0.1) is 0 Å². The average molecular weight is 670 g/mol. The Balaban J connectivity index is 1.63. The number of aliphatic hydroxyl groups excluding tert-OH is 6. The van der Waals surface area contributed by atoms with Crippen molar-refractivity contribution in [3.05, 3.63) is 34.5 Å². The number of aliphatic hydroxyl groups is 6. The van der Waals surface area contributed by atoms with Crippen LogP contribution in [0.25, 0.3) is 22.3 Å². The molecule has 5 rings (SSSR count). The van der Waals surface area contributed by atoms with E-state index < -0.39 is 136 Å². The number of aromatic hydroxyl groups is 4. The number of benzene rings is 2. The molecule has 20 nitrogen and oxygen atoms in total. The summed E-state index contributed by atoms with van der Waals surface area (Å²) in [6, 6.07) is 3.21. The van der Waals surface area contributed by atoms with Crippen LogP contribution in [-0.2, 0) is 19.1 Å². The maximum absolute atomic E-state index is 13.8. The molecule has 2 aromatic carbocycles. The third kappa shape index (κ3) is 5.90. The largest absolute Gasteiger partial charge is 0.507 e. The van der Waals surface area contributed by atoms with Crippen molar-refractivity contribution < 1.29 is 94.2 Å². The summed E-state index contributed by atoms with van der Waals surface area (Å²) < 4.78 is 26.6. The van der Waals surface area contributed by atoms with E-state index >= 15 is 0 Å². The molecule has 2 saturated heterocycles. The number of hydrogen-bond acceptors (Lipinski definition) is 18. The second-order valence-electron chi connectivity index (χ2n) is 10.5. The Morgan fingerprint density at radius 3 is 1.62 bits per heavy atom. The Morgan fingerprint density at radius 2 is 1.13 bits per heavy atom. The lowest BCUT2D eigenvalue weighted by Gasteiger charge is -2.38. The van der Waals surface area contributed by atoms with Crippen LogP contribution in [0.4, 0.5) is 0 Å². The lowest BCUT2D eigenvalue weighted by molar-refractivity contribution is -0.271. The van der Waals surface area contributed by atoms with Crippen molar-refractivity contribution in [3.63, 3.8) is 0 Å². The van der Waals surface area contributed by atoms with Gasteiger partial charge in [-0.05, 0) is 12.1 Å². The molecule has 254 valence electrons. The summed E-state index contributed by atoms with van der Waals surface area (Å²) in [5.41, 5.74) is -2.26. The Hall–Kier alpha value is -4.93. The Bertz CT molecular complexity index is 1750. The SMILES string of the molecule is O=C(O)[C@H]1O[C@@H](Oc2cc(O)c3c(=O)c(O[C@@H]4O[C@H](C(=O)O)[C@@H](O)[C@H](O)[C@H]4O)c(-c4cc(O)c(O)c(O)c4)oc3c2)[C@H](O)[C@@H](O)[C@@H]1O. The quantitative estimate of drug-likeness (QED) is 0.110. The van der Waals surface area contributed by atoms with E-state index in [1.807, 2.05) is 0 Å². The van der Waals surface area contributed by atoms with Crippen LogP contribution in [0.2, 0.25) is 0 Å². The van der Waals surface area contributed by atoms with Crippen LogP contribution in [-0.4, -0.2) is 135 Å². The summed E-state index contributed by atoms with van der Waals surface area (Å²) in [6.07, 6.45) is -21.0. The Morgan fingerprint density at radius 1 is 0.638 bits per heavy atom. The van der Waals surface area contributed by atoms with Gasteiger partial charge in [-0.2, -0.15) is 0 Å². The summed E-state index contributed by atoms with van der Waals surface area (Å²) in [4.78, 5) is 36.8. The Kier molecular flexibility index (Phi) is 8.79. The van der Waals surface area contributed by atoms with Gasteiger partial charge in [0, 0.05) is 17.7 Å².